The zero-order valence-corrected chi connectivity index (χ0v) is 15.3. The van der Waals surface area contributed by atoms with Gasteiger partial charge in [0.05, 0.1) is 5.69 Å². The highest BCUT2D eigenvalue weighted by Gasteiger charge is 2.17. The van der Waals surface area contributed by atoms with Crippen molar-refractivity contribution in [2.45, 2.75) is 6.92 Å². The molecule has 0 saturated carbocycles. The molecule has 0 atom stereocenters. The Hall–Kier alpha value is -1.92. The Morgan fingerprint density at radius 2 is 1.96 bits per heavy atom. The fraction of sp³-hybridized carbons (Fsp3) is 0.333. The van der Waals surface area contributed by atoms with Crippen molar-refractivity contribution in [3.05, 3.63) is 52.8 Å². The number of carbonyl (C=O) groups excluding carboxylic acids is 1. The van der Waals surface area contributed by atoms with Gasteiger partial charge in [0.2, 0.25) is 0 Å². The normalized spacial score (nSPS) is 15.3. The monoisotopic (exact) mass is 388 g/mol. The predicted molar refractivity (Wildman–Crippen MR) is 101 cm³/mol. The van der Waals surface area contributed by atoms with Gasteiger partial charge in [0.15, 0.2) is 0 Å². The number of aromatic nitrogens is 1. The maximum Gasteiger partial charge on any atom is 0.274 e. The van der Waals surface area contributed by atoms with E-state index in [2.05, 4.69) is 43.0 Å². The molecule has 0 aliphatic carbocycles. The molecule has 1 aromatic carbocycles. The van der Waals surface area contributed by atoms with E-state index in [1.807, 2.05) is 36.4 Å². The van der Waals surface area contributed by atoms with Gasteiger partial charge in [0.25, 0.3) is 5.91 Å². The van der Waals surface area contributed by atoms with Crippen LogP contribution in [0.1, 0.15) is 17.4 Å². The van der Waals surface area contributed by atoms with E-state index in [4.69, 9.17) is 0 Å². The van der Waals surface area contributed by atoms with Crippen LogP contribution in [0.5, 0.6) is 0 Å². The van der Waals surface area contributed by atoms with Crippen molar-refractivity contribution in [3.8, 4) is 0 Å². The largest absolute Gasteiger partial charge is 0.369 e. The molecule has 1 aliphatic rings. The van der Waals surface area contributed by atoms with Gasteiger partial charge in [-0.25, -0.2) is 0 Å². The van der Waals surface area contributed by atoms with Crippen LogP contribution in [0.3, 0.4) is 0 Å². The molecule has 0 bridgehead atoms. The summed E-state index contributed by atoms with van der Waals surface area (Å²) in [5.74, 6) is -0.198. The lowest BCUT2D eigenvalue weighted by molar-refractivity contribution is 0.102. The van der Waals surface area contributed by atoms with Crippen LogP contribution in [0.2, 0.25) is 0 Å². The van der Waals surface area contributed by atoms with E-state index >= 15 is 0 Å². The van der Waals surface area contributed by atoms with Gasteiger partial charge in [-0.15, -0.1) is 0 Å². The molecule has 0 radical (unpaired) electrons. The number of rotatable bonds is 4. The molecule has 0 unspecified atom stereocenters. The summed E-state index contributed by atoms with van der Waals surface area (Å²) >= 11 is 3.44. The number of para-hydroxylation sites is 1. The number of carbonyl (C=O) groups is 1. The van der Waals surface area contributed by atoms with Crippen LogP contribution in [0.15, 0.2) is 47.1 Å². The minimum Gasteiger partial charge on any atom is -0.369 e. The lowest BCUT2D eigenvalue weighted by atomic mass is 10.2. The fourth-order valence-electron chi connectivity index (χ4n) is 2.81. The Kier molecular flexibility index (Phi) is 5.48. The van der Waals surface area contributed by atoms with Crippen molar-refractivity contribution >= 4 is 33.2 Å². The number of halogens is 1. The molecule has 0 spiro atoms. The summed E-state index contributed by atoms with van der Waals surface area (Å²) in [6.07, 6.45) is 1.70. The third kappa shape index (κ3) is 3.94. The van der Waals surface area contributed by atoms with E-state index in [0.29, 0.717) is 5.69 Å². The van der Waals surface area contributed by atoms with Gasteiger partial charge in [-0.05, 0) is 46.7 Å². The number of likely N-dealkylation sites (N-methyl/N-ethyl adjacent to an activating group) is 1. The molecule has 2 heterocycles. The van der Waals surface area contributed by atoms with Crippen LogP contribution < -0.4 is 10.2 Å². The van der Waals surface area contributed by atoms with Crippen molar-refractivity contribution in [3.63, 3.8) is 0 Å². The number of nitrogens with zero attached hydrogens (tertiary/aromatic N) is 3. The second kappa shape index (κ2) is 7.77. The number of pyridine rings is 1. The van der Waals surface area contributed by atoms with Crippen molar-refractivity contribution in [2.75, 3.05) is 42.9 Å². The number of nitrogens with one attached hydrogen (secondary N) is 1. The van der Waals surface area contributed by atoms with Crippen LogP contribution in [0.25, 0.3) is 0 Å². The summed E-state index contributed by atoms with van der Waals surface area (Å²) in [7, 11) is 0. The van der Waals surface area contributed by atoms with Crippen molar-refractivity contribution in [1.82, 2.24) is 9.88 Å². The molecular weight excluding hydrogens is 368 g/mol. The predicted octanol–water partition coefficient (Wildman–Crippen LogP) is 3.24. The van der Waals surface area contributed by atoms with Gasteiger partial charge in [0.1, 0.15) is 5.69 Å². The van der Waals surface area contributed by atoms with Gasteiger partial charge < -0.3 is 15.1 Å². The maximum absolute atomic E-state index is 12.5. The van der Waals surface area contributed by atoms with E-state index in [9.17, 15) is 4.79 Å². The zero-order valence-electron chi connectivity index (χ0n) is 13.7. The topological polar surface area (TPSA) is 48.5 Å². The first-order valence-corrected chi connectivity index (χ1v) is 8.96. The lowest BCUT2D eigenvalue weighted by Crippen LogP contribution is -2.46. The van der Waals surface area contributed by atoms with Crippen LogP contribution in [0.4, 0.5) is 11.4 Å². The minimum absolute atomic E-state index is 0.198. The number of benzene rings is 1. The van der Waals surface area contributed by atoms with E-state index < -0.39 is 0 Å². The quantitative estimate of drug-likeness (QED) is 0.873. The molecule has 126 valence electrons. The molecular formula is C18H21BrN4O. The molecule has 5 nitrogen and oxygen atoms in total. The van der Waals surface area contributed by atoms with Crippen molar-refractivity contribution < 1.29 is 4.79 Å². The van der Waals surface area contributed by atoms with Crippen molar-refractivity contribution in [2.24, 2.45) is 0 Å². The minimum atomic E-state index is -0.198. The Labute approximate surface area is 150 Å². The second-order valence-corrected chi connectivity index (χ2v) is 6.61. The highest BCUT2D eigenvalue weighted by atomic mass is 79.9. The Balaban J connectivity index is 1.71. The summed E-state index contributed by atoms with van der Waals surface area (Å²) < 4.78 is 0.852. The third-order valence-electron chi connectivity index (χ3n) is 4.28. The summed E-state index contributed by atoms with van der Waals surface area (Å²) in [6, 6.07) is 11.4. The molecule has 24 heavy (non-hydrogen) atoms. The van der Waals surface area contributed by atoms with E-state index in [-0.39, 0.29) is 5.91 Å². The SMILES string of the molecule is CCN1CCN(c2ccnc(C(=O)Nc3ccccc3Br)c2)CC1. The molecule has 1 aliphatic heterocycles. The summed E-state index contributed by atoms with van der Waals surface area (Å²) in [6.45, 7) is 7.33. The number of hydrogen-bond donors (Lipinski definition) is 1. The summed E-state index contributed by atoms with van der Waals surface area (Å²) in [5, 5.41) is 2.90. The Morgan fingerprint density at radius 3 is 2.67 bits per heavy atom. The third-order valence-corrected chi connectivity index (χ3v) is 4.97. The highest BCUT2D eigenvalue weighted by Crippen LogP contribution is 2.22. The van der Waals surface area contributed by atoms with Gasteiger partial charge >= 0.3 is 0 Å². The first-order valence-electron chi connectivity index (χ1n) is 8.16. The lowest BCUT2D eigenvalue weighted by Gasteiger charge is -2.35. The molecule has 6 heteroatoms. The molecule has 3 rings (SSSR count). The Bertz CT molecular complexity index is 714. The average molecular weight is 389 g/mol. The van der Waals surface area contributed by atoms with Crippen molar-refractivity contribution in [1.29, 1.82) is 0 Å². The molecule has 1 aromatic heterocycles. The number of piperazine rings is 1. The first kappa shape index (κ1) is 16.9. The van der Waals surface area contributed by atoms with Gasteiger partial charge in [-0.1, -0.05) is 19.1 Å². The van der Waals surface area contributed by atoms with Crippen LogP contribution >= 0.6 is 15.9 Å². The molecule has 2 aromatic rings. The number of hydrogen-bond acceptors (Lipinski definition) is 4. The number of anilines is 2. The zero-order chi connectivity index (χ0) is 16.9. The Morgan fingerprint density at radius 1 is 1.21 bits per heavy atom. The summed E-state index contributed by atoms with van der Waals surface area (Å²) in [4.78, 5) is 21.4. The highest BCUT2D eigenvalue weighted by molar-refractivity contribution is 9.10. The fourth-order valence-corrected chi connectivity index (χ4v) is 3.20. The van der Waals surface area contributed by atoms with Crippen LogP contribution in [-0.4, -0.2) is 48.5 Å². The second-order valence-electron chi connectivity index (χ2n) is 5.75. The maximum atomic E-state index is 12.5. The average Bonchev–Trinajstić information content (AvgIpc) is 2.64. The number of amides is 1. The van der Waals surface area contributed by atoms with E-state index in [1.165, 1.54) is 0 Å². The van der Waals surface area contributed by atoms with Gasteiger partial charge in [0, 0.05) is 42.5 Å². The molecule has 1 N–H and O–H groups in total. The standard InChI is InChI=1S/C18H21BrN4O/c1-2-22-9-11-23(12-10-22)14-7-8-20-17(13-14)18(24)21-16-6-4-3-5-15(16)19/h3-8,13H,2,9-12H2,1H3,(H,21,24). The van der Waals surface area contributed by atoms with Gasteiger partial charge in [-0.2, -0.15) is 0 Å². The van der Waals surface area contributed by atoms with E-state index in [1.54, 1.807) is 6.20 Å². The summed E-state index contributed by atoms with van der Waals surface area (Å²) in [5.41, 5.74) is 2.23. The van der Waals surface area contributed by atoms with Crippen LogP contribution in [-0.2, 0) is 0 Å². The molecule has 1 saturated heterocycles. The first-order chi connectivity index (χ1) is 11.7. The molecule has 1 fully saturated rings. The molecule has 1 amide bonds. The smallest absolute Gasteiger partial charge is 0.274 e. The van der Waals surface area contributed by atoms with E-state index in [0.717, 1.165) is 48.6 Å². The van der Waals surface area contributed by atoms with Gasteiger partial charge in [-0.3, -0.25) is 9.78 Å². The van der Waals surface area contributed by atoms with Crippen LogP contribution in [0, 0.1) is 0 Å².